The highest BCUT2D eigenvalue weighted by Gasteiger charge is 2.33. The number of hydrogen-bond acceptors (Lipinski definition) is 5. The van der Waals surface area contributed by atoms with E-state index in [9.17, 15) is 4.79 Å². The Morgan fingerprint density at radius 1 is 1.25 bits per heavy atom. The third-order valence-electron chi connectivity index (χ3n) is 4.62. The molecule has 0 saturated heterocycles. The van der Waals surface area contributed by atoms with Crippen LogP contribution >= 0.6 is 11.8 Å². The number of carbonyl (C=O) groups excluding carboxylic acids is 1. The van der Waals surface area contributed by atoms with E-state index in [2.05, 4.69) is 28.4 Å². The van der Waals surface area contributed by atoms with Crippen LogP contribution in [0, 0.1) is 0 Å². The van der Waals surface area contributed by atoms with Gasteiger partial charge >= 0.3 is 0 Å². The Hall–Kier alpha value is -2.08. The van der Waals surface area contributed by atoms with Crippen molar-refractivity contribution >= 4 is 23.5 Å². The van der Waals surface area contributed by atoms with E-state index in [1.807, 2.05) is 36.0 Å². The molecule has 0 aliphatic carbocycles. The zero-order valence-corrected chi connectivity index (χ0v) is 14.7. The molecular weight excluding hydrogens is 320 g/mol. The van der Waals surface area contributed by atoms with Crippen LogP contribution in [-0.4, -0.2) is 46.9 Å². The molecule has 124 valence electrons. The molecule has 0 bridgehead atoms. The lowest BCUT2D eigenvalue weighted by Crippen LogP contribution is -2.41. The number of hydrogen-bond donors (Lipinski definition) is 0. The van der Waals surface area contributed by atoms with Crippen LogP contribution < -0.4 is 4.90 Å². The van der Waals surface area contributed by atoms with Gasteiger partial charge in [-0.2, -0.15) is 5.10 Å². The lowest BCUT2D eigenvalue weighted by atomic mass is 10.0. The van der Waals surface area contributed by atoms with Crippen molar-refractivity contribution in [2.24, 2.45) is 0 Å². The quantitative estimate of drug-likeness (QED) is 0.838. The maximum absolute atomic E-state index is 13.0. The average Bonchev–Trinajstić information content (AvgIpc) is 3.04. The van der Waals surface area contributed by atoms with E-state index in [1.165, 1.54) is 10.5 Å². The number of benzene rings is 1. The third-order valence-corrected chi connectivity index (χ3v) is 5.92. The zero-order chi connectivity index (χ0) is 16.7. The summed E-state index contributed by atoms with van der Waals surface area (Å²) in [5.41, 5.74) is 3.43. The SMILES string of the molecule is CN(C)c1cc2c(nn1)CCN(C(=O)[C@@H]1Cc3ccccc3S1)C2. The number of amides is 1. The molecule has 1 aromatic carbocycles. The van der Waals surface area contributed by atoms with Crippen LogP contribution in [0.2, 0.25) is 0 Å². The predicted molar refractivity (Wildman–Crippen MR) is 95.3 cm³/mol. The van der Waals surface area contributed by atoms with Crippen LogP contribution in [0.3, 0.4) is 0 Å². The van der Waals surface area contributed by atoms with Crippen molar-refractivity contribution in [3.63, 3.8) is 0 Å². The van der Waals surface area contributed by atoms with E-state index in [0.717, 1.165) is 36.5 Å². The molecule has 6 heteroatoms. The molecule has 0 saturated carbocycles. The largest absolute Gasteiger partial charge is 0.361 e. The minimum absolute atomic E-state index is 0.00654. The summed E-state index contributed by atoms with van der Waals surface area (Å²) in [6.07, 6.45) is 1.62. The molecule has 24 heavy (non-hydrogen) atoms. The molecular formula is C18H20N4OS. The standard InChI is InChI=1S/C18H20N4OS/c1-21(2)17-10-13-11-22(8-7-14(13)19-20-17)18(23)16-9-12-5-3-4-6-15(12)24-16/h3-6,10,16H,7-9,11H2,1-2H3/t16-/m0/s1. The van der Waals surface area contributed by atoms with Crippen molar-refractivity contribution in [3.05, 3.63) is 47.2 Å². The number of thioether (sulfide) groups is 1. The summed E-state index contributed by atoms with van der Waals surface area (Å²) >= 11 is 1.70. The minimum atomic E-state index is 0.00654. The molecule has 1 atom stereocenters. The summed E-state index contributed by atoms with van der Waals surface area (Å²) in [5, 5.41) is 8.57. The van der Waals surface area contributed by atoms with Crippen LogP contribution in [0.15, 0.2) is 35.2 Å². The fourth-order valence-electron chi connectivity index (χ4n) is 3.25. The Bertz CT molecular complexity index is 767. The van der Waals surface area contributed by atoms with E-state index in [-0.39, 0.29) is 11.2 Å². The summed E-state index contributed by atoms with van der Waals surface area (Å²) in [4.78, 5) is 18.1. The second kappa shape index (κ2) is 6.09. The first-order valence-corrected chi connectivity index (χ1v) is 9.06. The summed E-state index contributed by atoms with van der Waals surface area (Å²) in [6.45, 7) is 1.37. The van der Waals surface area contributed by atoms with Crippen molar-refractivity contribution in [3.8, 4) is 0 Å². The lowest BCUT2D eigenvalue weighted by Gasteiger charge is -2.30. The molecule has 0 fully saturated rings. The van der Waals surface area contributed by atoms with Gasteiger partial charge in [0.25, 0.3) is 0 Å². The molecule has 4 rings (SSSR count). The van der Waals surface area contributed by atoms with Crippen LogP contribution in [0.4, 0.5) is 5.82 Å². The molecule has 2 aliphatic rings. The fourth-order valence-corrected chi connectivity index (χ4v) is 4.53. The number of aromatic nitrogens is 2. The Morgan fingerprint density at radius 2 is 2.08 bits per heavy atom. The van der Waals surface area contributed by atoms with Gasteiger partial charge in [-0.25, -0.2) is 0 Å². The van der Waals surface area contributed by atoms with Crippen molar-refractivity contribution in [1.29, 1.82) is 0 Å². The number of fused-ring (bicyclic) bond motifs is 2. The number of anilines is 1. The smallest absolute Gasteiger partial charge is 0.236 e. The molecule has 0 unspecified atom stereocenters. The fraction of sp³-hybridized carbons (Fsp3) is 0.389. The number of rotatable bonds is 2. The van der Waals surface area contributed by atoms with Crippen molar-refractivity contribution in [2.75, 3.05) is 25.5 Å². The van der Waals surface area contributed by atoms with Gasteiger partial charge in [-0.15, -0.1) is 16.9 Å². The molecule has 2 aliphatic heterocycles. The first-order chi connectivity index (χ1) is 11.6. The Balaban J connectivity index is 1.50. The maximum atomic E-state index is 13.0. The summed E-state index contributed by atoms with van der Waals surface area (Å²) in [6, 6.07) is 10.4. The lowest BCUT2D eigenvalue weighted by molar-refractivity contribution is -0.131. The van der Waals surface area contributed by atoms with Crippen molar-refractivity contribution < 1.29 is 4.79 Å². The molecule has 5 nitrogen and oxygen atoms in total. The Morgan fingerprint density at radius 3 is 2.88 bits per heavy atom. The van der Waals surface area contributed by atoms with E-state index in [4.69, 9.17) is 0 Å². The van der Waals surface area contributed by atoms with E-state index >= 15 is 0 Å². The second-order valence-corrected chi connectivity index (χ2v) is 7.74. The molecule has 2 aromatic rings. The van der Waals surface area contributed by atoms with Gasteiger partial charge < -0.3 is 9.80 Å². The van der Waals surface area contributed by atoms with E-state index in [0.29, 0.717) is 6.54 Å². The average molecular weight is 340 g/mol. The first-order valence-electron chi connectivity index (χ1n) is 8.18. The maximum Gasteiger partial charge on any atom is 0.236 e. The number of nitrogens with zero attached hydrogens (tertiary/aromatic N) is 4. The first kappa shape index (κ1) is 15.4. The van der Waals surface area contributed by atoms with Gasteiger partial charge in [-0.3, -0.25) is 4.79 Å². The highest BCUT2D eigenvalue weighted by molar-refractivity contribution is 8.01. The van der Waals surface area contributed by atoms with Gasteiger partial charge in [0.05, 0.1) is 10.9 Å². The van der Waals surface area contributed by atoms with E-state index < -0.39 is 0 Å². The predicted octanol–water partition coefficient (Wildman–Crippen LogP) is 2.14. The monoisotopic (exact) mass is 340 g/mol. The summed E-state index contributed by atoms with van der Waals surface area (Å²) in [5.74, 6) is 1.08. The zero-order valence-electron chi connectivity index (χ0n) is 13.9. The molecule has 1 amide bonds. The van der Waals surface area contributed by atoms with Crippen LogP contribution in [0.5, 0.6) is 0 Å². The normalized spacial score (nSPS) is 18.9. The Labute approximate surface area is 146 Å². The minimum Gasteiger partial charge on any atom is -0.361 e. The Kier molecular flexibility index (Phi) is 3.92. The van der Waals surface area contributed by atoms with Gasteiger partial charge in [0.1, 0.15) is 0 Å². The van der Waals surface area contributed by atoms with Crippen molar-refractivity contribution in [1.82, 2.24) is 15.1 Å². The van der Waals surface area contributed by atoms with Gasteiger partial charge in [0.15, 0.2) is 5.82 Å². The molecule has 0 radical (unpaired) electrons. The van der Waals surface area contributed by atoms with Gasteiger partial charge in [-0.1, -0.05) is 18.2 Å². The van der Waals surface area contributed by atoms with Gasteiger partial charge in [-0.05, 0) is 29.7 Å². The van der Waals surface area contributed by atoms with Gasteiger partial charge in [0.2, 0.25) is 5.91 Å². The topological polar surface area (TPSA) is 49.3 Å². The summed E-state index contributed by atoms with van der Waals surface area (Å²) in [7, 11) is 3.91. The summed E-state index contributed by atoms with van der Waals surface area (Å²) < 4.78 is 0. The van der Waals surface area contributed by atoms with E-state index in [1.54, 1.807) is 11.8 Å². The molecule has 3 heterocycles. The highest BCUT2D eigenvalue weighted by atomic mass is 32.2. The molecule has 1 aromatic heterocycles. The number of carbonyl (C=O) groups is 1. The van der Waals surface area contributed by atoms with Crippen LogP contribution in [0.25, 0.3) is 0 Å². The van der Waals surface area contributed by atoms with Crippen LogP contribution in [-0.2, 0) is 24.2 Å². The third kappa shape index (κ3) is 2.75. The van der Waals surface area contributed by atoms with Crippen LogP contribution in [0.1, 0.15) is 16.8 Å². The molecule has 0 N–H and O–H groups in total. The van der Waals surface area contributed by atoms with Gasteiger partial charge in [0, 0.05) is 38.5 Å². The second-order valence-electron chi connectivity index (χ2n) is 6.50. The van der Waals surface area contributed by atoms with Crippen molar-refractivity contribution in [2.45, 2.75) is 29.5 Å². The highest BCUT2D eigenvalue weighted by Crippen LogP contribution is 2.38. The molecule has 0 spiro atoms.